The van der Waals surface area contributed by atoms with Gasteiger partial charge in [-0.3, -0.25) is 15.2 Å². The van der Waals surface area contributed by atoms with Gasteiger partial charge >= 0.3 is 12.1 Å². The fraction of sp³-hybridized carbons (Fsp3) is 0.385. The maximum Gasteiger partial charge on any atom is 0.410 e. The topological polar surface area (TPSA) is 88.1 Å². The number of carbonyl (C=O) groups excluding carboxylic acids is 1. The molecule has 1 saturated heterocycles. The van der Waals surface area contributed by atoms with Crippen molar-refractivity contribution in [3.05, 3.63) is 29.8 Å². The molecule has 0 saturated carbocycles. The Bertz CT molecular complexity index is 561. The van der Waals surface area contributed by atoms with Crippen molar-refractivity contribution < 1.29 is 24.3 Å². The van der Waals surface area contributed by atoms with Gasteiger partial charge in [0.1, 0.15) is 6.04 Å². The van der Waals surface area contributed by atoms with Crippen molar-refractivity contribution in [2.75, 3.05) is 12.6 Å². The van der Waals surface area contributed by atoms with Crippen LogP contribution < -0.4 is 5.48 Å². The number of carbonyl (C=O) groups is 2. The Morgan fingerprint density at radius 3 is 2.90 bits per heavy atom. The molecular weight excluding hydrogens is 264 g/mol. The zero-order chi connectivity index (χ0) is 14.3. The van der Waals surface area contributed by atoms with Crippen molar-refractivity contribution in [1.29, 1.82) is 0 Å². The number of fused-ring (bicyclic) bond motifs is 3. The normalized spacial score (nSPS) is 27.2. The fourth-order valence-corrected chi connectivity index (χ4v) is 2.89. The minimum Gasteiger partial charge on any atom is -0.467 e. The molecule has 2 heterocycles. The van der Waals surface area contributed by atoms with Gasteiger partial charge in [-0.25, -0.2) is 9.59 Å². The first-order valence-corrected chi connectivity index (χ1v) is 6.23. The van der Waals surface area contributed by atoms with Gasteiger partial charge in [-0.05, 0) is 18.1 Å². The van der Waals surface area contributed by atoms with E-state index in [1.165, 1.54) is 7.11 Å². The highest BCUT2D eigenvalue weighted by molar-refractivity contribution is 5.82. The summed E-state index contributed by atoms with van der Waals surface area (Å²) in [7, 11) is 1.25. The van der Waals surface area contributed by atoms with Crippen LogP contribution in [0.3, 0.4) is 0 Å². The lowest BCUT2D eigenvalue weighted by atomic mass is 9.93. The molecule has 2 N–H and O–H groups in total. The third-order valence-electron chi connectivity index (χ3n) is 3.78. The number of nitrogens with zero attached hydrogens (tertiary/aromatic N) is 1. The summed E-state index contributed by atoms with van der Waals surface area (Å²) < 4.78 is 4.69. The number of carboxylic acid groups (broad SMARTS) is 1. The number of esters is 1. The quantitative estimate of drug-likeness (QED) is 0.754. The van der Waals surface area contributed by atoms with Gasteiger partial charge in [0.25, 0.3) is 0 Å². The molecule has 1 aromatic rings. The minimum absolute atomic E-state index is 0.187. The van der Waals surface area contributed by atoms with Crippen molar-refractivity contribution in [1.82, 2.24) is 4.90 Å². The lowest BCUT2D eigenvalue weighted by molar-refractivity contribution is -0.147. The molecule has 20 heavy (non-hydrogen) atoms. The minimum atomic E-state index is -1.20. The van der Waals surface area contributed by atoms with E-state index in [0.29, 0.717) is 6.42 Å². The zero-order valence-corrected chi connectivity index (χ0v) is 10.8. The monoisotopic (exact) mass is 278 g/mol. The van der Waals surface area contributed by atoms with Crippen LogP contribution in [0.5, 0.6) is 0 Å². The second-order valence-corrected chi connectivity index (χ2v) is 4.77. The molecule has 0 radical (unpaired) electrons. The van der Waals surface area contributed by atoms with Gasteiger partial charge in [-0.2, -0.15) is 0 Å². The Labute approximate surface area is 115 Å². The third kappa shape index (κ3) is 1.78. The molecule has 3 rings (SSSR count). The number of hydrogen-bond acceptors (Lipinski definition) is 5. The van der Waals surface area contributed by atoms with Gasteiger partial charge in [0.05, 0.1) is 12.8 Å². The molecule has 2 aliphatic rings. The number of rotatable bonds is 1. The average molecular weight is 278 g/mol. The average Bonchev–Trinajstić information content (AvgIpc) is 2.86. The summed E-state index contributed by atoms with van der Waals surface area (Å²) >= 11 is 0. The van der Waals surface area contributed by atoms with Crippen molar-refractivity contribution in [2.24, 2.45) is 0 Å². The van der Waals surface area contributed by atoms with E-state index in [-0.39, 0.29) is 5.92 Å². The third-order valence-corrected chi connectivity index (χ3v) is 3.78. The summed E-state index contributed by atoms with van der Waals surface area (Å²) in [5, 5.41) is 9.33. The lowest BCUT2D eigenvalue weighted by Crippen LogP contribution is -2.47. The van der Waals surface area contributed by atoms with Crippen molar-refractivity contribution in [3.63, 3.8) is 0 Å². The Hall–Kier alpha value is -2.28. The summed E-state index contributed by atoms with van der Waals surface area (Å²) in [6.45, 7) is 0. The first-order chi connectivity index (χ1) is 9.63. The maximum absolute atomic E-state index is 11.8. The summed E-state index contributed by atoms with van der Waals surface area (Å²) in [5.74, 6) is -0.754. The number of likely N-dealkylation sites (tertiary alicyclic amines) is 1. The molecule has 3 unspecified atom stereocenters. The number of anilines is 1. The molecule has 0 aromatic heterocycles. The molecule has 0 spiro atoms. The van der Waals surface area contributed by atoms with E-state index in [2.05, 4.69) is 10.2 Å². The Morgan fingerprint density at radius 2 is 2.20 bits per heavy atom. The number of amides is 1. The van der Waals surface area contributed by atoms with Crippen LogP contribution in [0.15, 0.2) is 24.3 Å². The van der Waals surface area contributed by atoms with Crippen molar-refractivity contribution in [3.8, 4) is 0 Å². The van der Waals surface area contributed by atoms with E-state index in [0.717, 1.165) is 16.2 Å². The first-order valence-electron chi connectivity index (χ1n) is 6.23. The Morgan fingerprint density at radius 1 is 1.45 bits per heavy atom. The number of benzene rings is 1. The molecule has 7 heteroatoms. The molecule has 7 nitrogen and oxygen atoms in total. The second-order valence-electron chi connectivity index (χ2n) is 4.77. The molecule has 1 amide bonds. The van der Waals surface area contributed by atoms with Crippen LogP contribution in [0.1, 0.15) is 17.9 Å². The maximum atomic E-state index is 11.8. The molecule has 0 aliphatic carbocycles. The van der Waals surface area contributed by atoms with Gasteiger partial charge < -0.3 is 9.84 Å². The Kier molecular flexibility index (Phi) is 2.98. The number of nitrogens with one attached hydrogen (secondary N) is 1. The Balaban J connectivity index is 1.99. The van der Waals surface area contributed by atoms with Gasteiger partial charge in [0.15, 0.2) is 6.23 Å². The molecule has 2 aliphatic heterocycles. The highest BCUT2D eigenvalue weighted by atomic mass is 16.7. The first kappa shape index (κ1) is 12.7. The SMILES string of the molecule is COC(=O)C1CC2c3ccccc3NOC2N1C(=O)O. The van der Waals surface area contributed by atoms with Crippen LogP contribution >= 0.6 is 0 Å². The van der Waals surface area contributed by atoms with Gasteiger partial charge in [-0.1, -0.05) is 18.2 Å². The molecule has 0 bridgehead atoms. The van der Waals surface area contributed by atoms with Crippen LogP contribution in [-0.4, -0.2) is 41.4 Å². The van der Waals surface area contributed by atoms with Crippen LogP contribution in [0.4, 0.5) is 10.5 Å². The van der Waals surface area contributed by atoms with Crippen LogP contribution in [0.2, 0.25) is 0 Å². The molecule has 106 valence electrons. The molecular formula is C13H14N2O5. The number of methoxy groups -OCH3 is 1. The van der Waals surface area contributed by atoms with E-state index >= 15 is 0 Å². The predicted octanol–water partition coefficient (Wildman–Crippen LogP) is 1.38. The smallest absolute Gasteiger partial charge is 0.410 e. The fourth-order valence-electron chi connectivity index (χ4n) is 2.89. The van der Waals surface area contributed by atoms with Crippen LogP contribution in [0, 0.1) is 0 Å². The molecule has 3 atom stereocenters. The summed E-state index contributed by atoms with van der Waals surface area (Å²) in [6, 6.07) is 6.64. The largest absolute Gasteiger partial charge is 0.467 e. The van der Waals surface area contributed by atoms with E-state index < -0.39 is 24.3 Å². The van der Waals surface area contributed by atoms with E-state index in [9.17, 15) is 14.7 Å². The molecule has 1 fully saturated rings. The van der Waals surface area contributed by atoms with Crippen LogP contribution in [0.25, 0.3) is 0 Å². The highest BCUT2D eigenvalue weighted by Gasteiger charge is 2.51. The van der Waals surface area contributed by atoms with E-state index in [1.807, 2.05) is 24.3 Å². The van der Waals surface area contributed by atoms with Crippen molar-refractivity contribution >= 4 is 17.7 Å². The van der Waals surface area contributed by atoms with Crippen molar-refractivity contribution in [2.45, 2.75) is 24.6 Å². The summed E-state index contributed by atoms with van der Waals surface area (Å²) in [6.07, 6.45) is -1.58. The number of ether oxygens (including phenoxy) is 1. The number of hydrogen-bond donors (Lipinski definition) is 2. The predicted molar refractivity (Wildman–Crippen MR) is 68.0 cm³/mol. The van der Waals surface area contributed by atoms with Gasteiger partial charge in [-0.15, -0.1) is 0 Å². The highest BCUT2D eigenvalue weighted by Crippen LogP contribution is 2.44. The van der Waals surface area contributed by atoms with E-state index in [4.69, 9.17) is 4.84 Å². The van der Waals surface area contributed by atoms with Gasteiger partial charge in [0, 0.05) is 5.92 Å². The standard InChI is InChI=1S/C13H14N2O5/c1-19-12(16)10-6-8-7-4-2-3-5-9(7)14-20-11(8)15(10)13(17)18/h2-5,8,10-11,14H,6H2,1H3,(H,17,18). The second kappa shape index (κ2) is 4.68. The zero-order valence-electron chi connectivity index (χ0n) is 10.8. The lowest BCUT2D eigenvalue weighted by Gasteiger charge is -2.32. The summed E-state index contributed by atoms with van der Waals surface area (Å²) in [5.41, 5.74) is 4.48. The van der Waals surface area contributed by atoms with E-state index in [1.54, 1.807) is 0 Å². The van der Waals surface area contributed by atoms with Crippen LogP contribution in [-0.2, 0) is 14.4 Å². The number of para-hydroxylation sites is 1. The van der Waals surface area contributed by atoms with Gasteiger partial charge in [0.2, 0.25) is 0 Å². The summed E-state index contributed by atoms with van der Waals surface area (Å²) in [4.78, 5) is 29.6. The molecule has 1 aromatic carbocycles.